The summed E-state index contributed by atoms with van der Waals surface area (Å²) in [7, 11) is -1.93. The first-order chi connectivity index (χ1) is 8.42. The third-order valence-electron chi connectivity index (χ3n) is 2.48. The van der Waals surface area contributed by atoms with Crippen LogP contribution in [0.1, 0.15) is 12.6 Å². The van der Waals surface area contributed by atoms with Crippen LogP contribution in [0.25, 0.3) is 0 Å². The Morgan fingerprint density at radius 2 is 2.17 bits per heavy atom. The number of hydrogen-bond acceptors (Lipinski definition) is 4. The Kier molecular flexibility index (Phi) is 3.12. The van der Waals surface area contributed by atoms with E-state index in [4.69, 9.17) is 0 Å². The van der Waals surface area contributed by atoms with Gasteiger partial charge in [0.15, 0.2) is 0 Å². The molecule has 0 saturated heterocycles. The number of nitrogens with one attached hydrogen (secondary N) is 1. The van der Waals surface area contributed by atoms with E-state index >= 15 is 0 Å². The molecule has 0 aliphatic heterocycles. The van der Waals surface area contributed by atoms with Gasteiger partial charge >= 0.3 is 0 Å². The second kappa shape index (κ2) is 4.45. The van der Waals surface area contributed by atoms with Crippen molar-refractivity contribution in [1.29, 1.82) is 0 Å². The van der Waals surface area contributed by atoms with E-state index < -0.39 is 10.0 Å². The van der Waals surface area contributed by atoms with Gasteiger partial charge in [0.25, 0.3) is 10.0 Å². The third kappa shape index (κ3) is 2.37. The van der Waals surface area contributed by atoms with Gasteiger partial charge in [-0.25, -0.2) is 8.42 Å². The molecule has 0 unspecified atom stereocenters. The van der Waals surface area contributed by atoms with Gasteiger partial charge in [-0.05, 0) is 13.8 Å². The van der Waals surface area contributed by atoms with Crippen LogP contribution in [0, 0.1) is 6.92 Å². The van der Waals surface area contributed by atoms with Crippen LogP contribution in [0.2, 0.25) is 0 Å². The topological polar surface area (TPSA) is 81.8 Å². The zero-order valence-corrected chi connectivity index (χ0v) is 11.3. The number of nitrogens with zero attached hydrogens (tertiary/aromatic N) is 4. The maximum atomic E-state index is 12.1. The number of anilines is 1. The predicted molar refractivity (Wildman–Crippen MR) is 66.7 cm³/mol. The minimum absolute atomic E-state index is 0.142. The molecule has 0 aliphatic carbocycles. The standard InChI is InChI=1S/C10H15N5O2S/c1-4-15-7-9(6-11-15)18(16,17)13-10-5-8(2)12-14(10)3/h5-7,13H,4H2,1-3H3. The average Bonchev–Trinajstić information content (AvgIpc) is 2.86. The summed E-state index contributed by atoms with van der Waals surface area (Å²) in [5.41, 5.74) is 0.749. The SMILES string of the molecule is CCn1cc(S(=O)(=O)Nc2cc(C)nn2C)cn1. The Morgan fingerprint density at radius 1 is 1.44 bits per heavy atom. The fraction of sp³-hybridized carbons (Fsp3) is 0.400. The van der Waals surface area contributed by atoms with Crippen molar-refractivity contribution >= 4 is 15.8 Å². The number of sulfonamides is 1. The lowest BCUT2D eigenvalue weighted by Crippen LogP contribution is -2.14. The Labute approximate surface area is 105 Å². The third-order valence-corrected chi connectivity index (χ3v) is 3.79. The quantitative estimate of drug-likeness (QED) is 0.887. The Bertz CT molecular complexity index is 656. The maximum absolute atomic E-state index is 12.1. The molecule has 0 aromatic carbocycles. The van der Waals surface area contributed by atoms with Crippen molar-refractivity contribution in [2.45, 2.75) is 25.3 Å². The first-order valence-electron chi connectivity index (χ1n) is 5.48. The van der Waals surface area contributed by atoms with Gasteiger partial charge < -0.3 is 0 Å². The largest absolute Gasteiger partial charge is 0.272 e. The van der Waals surface area contributed by atoms with E-state index in [1.165, 1.54) is 17.1 Å². The molecule has 0 radical (unpaired) electrons. The molecule has 8 heteroatoms. The minimum Gasteiger partial charge on any atom is -0.272 e. The smallest absolute Gasteiger partial charge is 0.266 e. The molecule has 1 N–H and O–H groups in total. The van der Waals surface area contributed by atoms with Crippen molar-refractivity contribution in [2.24, 2.45) is 7.05 Å². The highest BCUT2D eigenvalue weighted by Crippen LogP contribution is 2.15. The van der Waals surface area contributed by atoms with Crippen molar-refractivity contribution in [1.82, 2.24) is 19.6 Å². The fourth-order valence-corrected chi connectivity index (χ4v) is 2.59. The second-order valence-electron chi connectivity index (χ2n) is 3.93. The van der Waals surface area contributed by atoms with Crippen LogP contribution < -0.4 is 4.72 Å². The van der Waals surface area contributed by atoms with E-state index in [9.17, 15) is 8.42 Å². The number of rotatable bonds is 4. The highest BCUT2D eigenvalue weighted by Gasteiger charge is 2.18. The van der Waals surface area contributed by atoms with Crippen LogP contribution in [0.4, 0.5) is 5.82 Å². The monoisotopic (exact) mass is 269 g/mol. The van der Waals surface area contributed by atoms with Crippen LogP contribution in [0.5, 0.6) is 0 Å². The lowest BCUT2D eigenvalue weighted by molar-refractivity contribution is 0.599. The van der Waals surface area contributed by atoms with E-state index in [2.05, 4.69) is 14.9 Å². The van der Waals surface area contributed by atoms with Gasteiger partial charge in [-0.15, -0.1) is 0 Å². The zero-order chi connectivity index (χ0) is 13.3. The van der Waals surface area contributed by atoms with E-state index in [-0.39, 0.29) is 4.90 Å². The molecule has 2 rings (SSSR count). The zero-order valence-electron chi connectivity index (χ0n) is 10.5. The van der Waals surface area contributed by atoms with Crippen LogP contribution in [-0.4, -0.2) is 28.0 Å². The Balaban J connectivity index is 2.29. The summed E-state index contributed by atoms with van der Waals surface area (Å²) in [5.74, 6) is 0.428. The van der Waals surface area contributed by atoms with E-state index in [1.807, 2.05) is 6.92 Å². The summed E-state index contributed by atoms with van der Waals surface area (Å²) in [6.45, 7) is 4.31. The molecule has 0 atom stereocenters. The first kappa shape index (κ1) is 12.6. The Hall–Kier alpha value is -1.83. The van der Waals surface area contributed by atoms with Crippen molar-refractivity contribution in [3.05, 3.63) is 24.2 Å². The fourth-order valence-electron chi connectivity index (χ4n) is 1.56. The van der Waals surface area contributed by atoms with Crippen LogP contribution in [0.3, 0.4) is 0 Å². The molecule has 0 aliphatic rings. The molecule has 2 heterocycles. The molecule has 0 amide bonds. The first-order valence-corrected chi connectivity index (χ1v) is 6.96. The van der Waals surface area contributed by atoms with Crippen molar-refractivity contribution in [2.75, 3.05) is 4.72 Å². The molecule has 18 heavy (non-hydrogen) atoms. The molecule has 0 spiro atoms. The Morgan fingerprint density at radius 3 is 2.67 bits per heavy atom. The van der Waals surface area contributed by atoms with Gasteiger partial charge in [-0.3, -0.25) is 14.1 Å². The van der Waals surface area contributed by atoms with Crippen molar-refractivity contribution < 1.29 is 8.42 Å². The van der Waals surface area contributed by atoms with Gasteiger partial charge in [0, 0.05) is 25.9 Å². The molecule has 98 valence electrons. The number of hydrogen-bond donors (Lipinski definition) is 1. The maximum Gasteiger partial charge on any atom is 0.266 e. The van der Waals surface area contributed by atoms with Crippen LogP contribution in [0.15, 0.2) is 23.4 Å². The highest BCUT2D eigenvalue weighted by molar-refractivity contribution is 7.92. The summed E-state index contributed by atoms with van der Waals surface area (Å²) < 4.78 is 29.7. The van der Waals surface area contributed by atoms with Gasteiger partial charge in [-0.2, -0.15) is 10.2 Å². The van der Waals surface area contributed by atoms with Crippen molar-refractivity contribution in [3.8, 4) is 0 Å². The summed E-state index contributed by atoms with van der Waals surface area (Å²) in [6, 6.07) is 1.67. The predicted octanol–water partition coefficient (Wildman–Crippen LogP) is 0.746. The van der Waals surface area contributed by atoms with Gasteiger partial charge in [0.1, 0.15) is 10.7 Å². The van der Waals surface area contributed by atoms with Crippen LogP contribution >= 0.6 is 0 Å². The van der Waals surface area contributed by atoms with Crippen molar-refractivity contribution in [3.63, 3.8) is 0 Å². The molecule has 2 aromatic heterocycles. The summed E-state index contributed by atoms with van der Waals surface area (Å²) >= 11 is 0. The highest BCUT2D eigenvalue weighted by atomic mass is 32.2. The normalized spacial score (nSPS) is 11.7. The van der Waals surface area contributed by atoms with Gasteiger partial charge in [0.05, 0.1) is 11.9 Å². The minimum atomic E-state index is -3.61. The average molecular weight is 269 g/mol. The van der Waals surface area contributed by atoms with E-state index in [1.54, 1.807) is 24.7 Å². The molecule has 0 saturated carbocycles. The molecular formula is C10H15N5O2S. The number of aromatic nitrogens is 4. The van der Waals surface area contributed by atoms with E-state index in [0.717, 1.165) is 5.69 Å². The number of aryl methyl sites for hydroxylation is 3. The molecule has 0 fully saturated rings. The lowest BCUT2D eigenvalue weighted by atomic mass is 10.5. The molecule has 7 nitrogen and oxygen atoms in total. The van der Waals surface area contributed by atoms with Gasteiger partial charge in [-0.1, -0.05) is 0 Å². The molecule has 2 aromatic rings. The summed E-state index contributed by atoms with van der Waals surface area (Å²) in [5, 5.41) is 8.02. The summed E-state index contributed by atoms with van der Waals surface area (Å²) in [4.78, 5) is 0.142. The molecule has 0 bridgehead atoms. The van der Waals surface area contributed by atoms with E-state index in [0.29, 0.717) is 12.4 Å². The van der Waals surface area contributed by atoms with Crippen LogP contribution in [-0.2, 0) is 23.6 Å². The second-order valence-corrected chi connectivity index (χ2v) is 5.61. The van der Waals surface area contributed by atoms with Gasteiger partial charge in [0.2, 0.25) is 0 Å². The lowest BCUT2D eigenvalue weighted by Gasteiger charge is -2.05. The molecular weight excluding hydrogens is 254 g/mol. The summed E-state index contributed by atoms with van der Waals surface area (Å²) in [6.07, 6.45) is 2.82.